The number of terminal acetylenes is 1. The van der Waals surface area contributed by atoms with E-state index in [1.54, 1.807) is 4.90 Å². The average Bonchev–Trinajstić information content (AvgIpc) is 2.22. The molecule has 1 amide bonds. The Morgan fingerprint density at radius 3 is 2.69 bits per heavy atom. The molecule has 0 atom stereocenters. The van der Waals surface area contributed by atoms with Crippen molar-refractivity contribution in [1.82, 2.24) is 4.90 Å². The van der Waals surface area contributed by atoms with Crippen molar-refractivity contribution in [2.24, 2.45) is 5.92 Å². The van der Waals surface area contributed by atoms with Gasteiger partial charge in [-0.1, -0.05) is 5.92 Å². The Bertz CT molecular complexity index is 264. The first-order valence-electron chi connectivity index (χ1n) is 6.04. The molecule has 0 aliphatic heterocycles. The highest BCUT2D eigenvalue weighted by molar-refractivity contribution is 5.76. The second-order valence-electron chi connectivity index (χ2n) is 4.23. The third kappa shape index (κ3) is 3.53. The van der Waals surface area contributed by atoms with Crippen LogP contribution >= 0.6 is 0 Å². The number of hydrogen-bond donors (Lipinski definition) is 0. The third-order valence-corrected chi connectivity index (χ3v) is 3.07. The zero-order chi connectivity index (χ0) is 12.0. The van der Waals surface area contributed by atoms with E-state index in [9.17, 15) is 4.79 Å². The van der Waals surface area contributed by atoms with Crippen LogP contribution in [0.1, 0.15) is 33.1 Å². The lowest BCUT2D eigenvalue weighted by atomic mass is 9.79. The number of ether oxygens (including phenoxy) is 1. The Labute approximate surface area is 98.1 Å². The highest BCUT2D eigenvalue weighted by Crippen LogP contribution is 2.33. The molecular formula is C13H21NO2. The SMILES string of the molecule is C#CCN(CC)C(=O)CC1CC(OCC)C1. The Kier molecular flexibility index (Phi) is 5.34. The molecule has 0 radical (unpaired) electrons. The quantitative estimate of drug-likeness (QED) is 0.641. The lowest BCUT2D eigenvalue weighted by Gasteiger charge is -2.35. The number of hydrogen-bond acceptors (Lipinski definition) is 2. The van der Waals surface area contributed by atoms with Crippen LogP contribution in [0.15, 0.2) is 0 Å². The minimum Gasteiger partial charge on any atom is -0.378 e. The van der Waals surface area contributed by atoms with Crippen molar-refractivity contribution in [3.05, 3.63) is 0 Å². The van der Waals surface area contributed by atoms with Crippen LogP contribution in [-0.2, 0) is 9.53 Å². The van der Waals surface area contributed by atoms with Crippen molar-refractivity contribution in [1.29, 1.82) is 0 Å². The fraction of sp³-hybridized carbons (Fsp3) is 0.769. The third-order valence-electron chi connectivity index (χ3n) is 3.07. The first-order valence-corrected chi connectivity index (χ1v) is 6.04. The Hall–Kier alpha value is -1.01. The van der Waals surface area contributed by atoms with E-state index in [4.69, 9.17) is 11.2 Å². The molecule has 0 heterocycles. The zero-order valence-electron chi connectivity index (χ0n) is 10.2. The first kappa shape index (κ1) is 13.1. The van der Waals surface area contributed by atoms with Crippen molar-refractivity contribution in [3.63, 3.8) is 0 Å². The van der Waals surface area contributed by atoms with Crippen LogP contribution in [0.4, 0.5) is 0 Å². The van der Waals surface area contributed by atoms with Crippen LogP contribution in [0.3, 0.4) is 0 Å². The highest BCUT2D eigenvalue weighted by Gasteiger charge is 2.31. The Morgan fingerprint density at radius 2 is 2.19 bits per heavy atom. The minimum atomic E-state index is 0.181. The summed E-state index contributed by atoms with van der Waals surface area (Å²) in [4.78, 5) is 13.6. The van der Waals surface area contributed by atoms with Gasteiger partial charge in [-0.2, -0.15) is 0 Å². The van der Waals surface area contributed by atoms with Gasteiger partial charge in [-0.25, -0.2) is 0 Å². The molecule has 1 saturated carbocycles. The summed E-state index contributed by atoms with van der Waals surface area (Å²) in [6, 6.07) is 0. The van der Waals surface area contributed by atoms with Crippen molar-refractivity contribution >= 4 is 5.91 Å². The lowest BCUT2D eigenvalue weighted by Crippen LogP contribution is -2.38. The van der Waals surface area contributed by atoms with Crippen molar-refractivity contribution in [2.75, 3.05) is 19.7 Å². The average molecular weight is 223 g/mol. The van der Waals surface area contributed by atoms with Gasteiger partial charge in [0, 0.05) is 19.6 Å². The fourth-order valence-electron chi connectivity index (χ4n) is 2.08. The van der Waals surface area contributed by atoms with Gasteiger partial charge >= 0.3 is 0 Å². The van der Waals surface area contributed by atoms with E-state index in [1.807, 2.05) is 13.8 Å². The van der Waals surface area contributed by atoms with E-state index in [0.717, 1.165) is 19.4 Å². The summed E-state index contributed by atoms with van der Waals surface area (Å²) in [5.41, 5.74) is 0. The summed E-state index contributed by atoms with van der Waals surface area (Å²) in [6.07, 6.45) is 8.26. The van der Waals surface area contributed by atoms with Crippen LogP contribution in [0.5, 0.6) is 0 Å². The molecule has 0 saturated heterocycles. The molecule has 16 heavy (non-hydrogen) atoms. The summed E-state index contributed by atoms with van der Waals surface area (Å²) in [7, 11) is 0. The summed E-state index contributed by atoms with van der Waals surface area (Å²) in [6.45, 7) is 5.86. The van der Waals surface area contributed by atoms with E-state index >= 15 is 0 Å². The Balaban J connectivity index is 2.23. The van der Waals surface area contributed by atoms with E-state index in [0.29, 0.717) is 31.5 Å². The fourth-order valence-corrected chi connectivity index (χ4v) is 2.08. The zero-order valence-corrected chi connectivity index (χ0v) is 10.2. The van der Waals surface area contributed by atoms with Gasteiger partial charge in [0.25, 0.3) is 0 Å². The van der Waals surface area contributed by atoms with Gasteiger partial charge in [0.15, 0.2) is 0 Å². The van der Waals surface area contributed by atoms with Crippen LogP contribution in [0.2, 0.25) is 0 Å². The van der Waals surface area contributed by atoms with Crippen molar-refractivity contribution < 1.29 is 9.53 Å². The predicted octanol–water partition coefficient (Wildman–Crippen LogP) is 1.67. The molecule has 1 rings (SSSR count). The molecule has 0 aromatic heterocycles. The van der Waals surface area contributed by atoms with E-state index < -0.39 is 0 Å². The lowest BCUT2D eigenvalue weighted by molar-refractivity contribution is -0.133. The second kappa shape index (κ2) is 6.55. The molecule has 0 unspecified atom stereocenters. The molecule has 3 nitrogen and oxygen atoms in total. The molecule has 1 aliphatic rings. The molecular weight excluding hydrogens is 202 g/mol. The first-order chi connectivity index (χ1) is 7.71. The number of amides is 1. The number of rotatable bonds is 6. The van der Waals surface area contributed by atoms with Gasteiger partial charge in [-0.05, 0) is 32.6 Å². The maximum atomic E-state index is 11.8. The molecule has 0 aromatic rings. The molecule has 3 heteroatoms. The van der Waals surface area contributed by atoms with Gasteiger partial charge in [0.05, 0.1) is 12.6 Å². The molecule has 0 spiro atoms. The van der Waals surface area contributed by atoms with Crippen LogP contribution in [0, 0.1) is 18.3 Å². The summed E-state index contributed by atoms with van der Waals surface area (Å²) in [5, 5.41) is 0. The summed E-state index contributed by atoms with van der Waals surface area (Å²) in [5.74, 6) is 3.20. The predicted molar refractivity (Wildman–Crippen MR) is 63.8 cm³/mol. The van der Waals surface area contributed by atoms with E-state index in [1.165, 1.54) is 0 Å². The second-order valence-corrected chi connectivity index (χ2v) is 4.23. The summed E-state index contributed by atoms with van der Waals surface area (Å²) >= 11 is 0. The monoisotopic (exact) mass is 223 g/mol. The number of carbonyl (C=O) groups excluding carboxylic acids is 1. The largest absolute Gasteiger partial charge is 0.378 e. The smallest absolute Gasteiger partial charge is 0.223 e. The van der Waals surface area contributed by atoms with Crippen molar-refractivity contribution in [2.45, 2.75) is 39.2 Å². The standard InChI is InChI=1S/C13H21NO2/c1-4-7-14(5-2)13(15)10-11-8-12(9-11)16-6-3/h1,11-12H,5-10H2,2-3H3. The van der Waals surface area contributed by atoms with E-state index in [-0.39, 0.29) is 5.91 Å². The molecule has 0 N–H and O–H groups in total. The van der Waals surface area contributed by atoms with Gasteiger partial charge in [0.2, 0.25) is 5.91 Å². The normalized spacial score (nSPS) is 23.3. The van der Waals surface area contributed by atoms with E-state index in [2.05, 4.69) is 5.92 Å². The summed E-state index contributed by atoms with van der Waals surface area (Å²) < 4.78 is 5.47. The minimum absolute atomic E-state index is 0.181. The number of nitrogens with zero attached hydrogens (tertiary/aromatic N) is 1. The maximum absolute atomic E-state index is 11.8. The van der Waals surface area contributed by atoms with Crippen LogP contribution in [0.25, 0.3) is 0 Å². The maximum Gasteiger partial charge on any atom is 0.223 e. The topological polar surface area (TPSA) is 29.5 Å². The highest BCUT2D eigenvalue weighted by atomic mass is 16.5. The van der Waals surface area contributed by atoms with Crippen LogP contribution < -0.4 is 0 Å². The molecule has 1 fully saturated rings. The molecule has 0 bridgehead atoms. The Morgan fingerprint density at radius 1 is 1.50 bits per heavy atom. The van der Waals surface area contributed by atoms with Gasteiger partial charge < -0.3 is 9.64 Å². The number of carbonyl (C=O) groups is 1. The molecule has 90 valence electrons. The van der Waals surface area contributed by atoms with Crippen molar-refractivity contribution in [3.8, 4) is 12.3 Å². The van der Waals surface area contributed by atoms with Crippen LogP contribution in [-0.4, -0.2) is 36.6 Å². The molecule has 0 aromatic carbocycles. The molecule has 1 aliphatic carbocycles. The van der Waals surface area contributed by atoms with Gasteiger partial charge in [-0.15, -0.1) is 6.42 Å². The van der Waals surface area contributed by atoms with Gasteiger partial charge in [-0.3, -0.25) is 4.79 Å². The van der Waals surface area contributed by atoms with Gasteiger partial charge in [0.1, 0.15) is 0 Å².